The van der Waals surface area contributed by atoms with Crippen LogP contribution in [0.4, 0.5) is 12.9 Å². The van der Waals surface area contributed by atoms with Crippen molar-refractivity contribution in [3.63, 3.8) is 0 Å². The lowest BCUT2D eigenvalue weighted by Gasteiger charge is -2.12. The summed E-state index contributed by atoms with van der Waals surface area (Å²) in [6.07, 6.45) is 1.30. The summed E-state index contributed by atoms with van der Waals surface area (Å²) in [6, 6.07) is 2.36. The molecule has 1 heterocycles. The van der Waals surface area contributed by atoms with E-state index in [9.17, 15) is 17.7 Å². The van der Waals surface area contributed by atoms with Crippen molar-refractivity contribution in [1.82, 2.24) is 4.98 Å². The molecule has 0 amide bonds. The molecule has 0 saturated carbocycles. The zero-order valence-electron chi connectivity index (χ0n) is 6.18. The molecule has 0 aromatic carbocycles. The number of aromatic nitrogens is 1. The molecule has 0 aliphatic rings. The molecule has 0 spiro atoms. The lowest BCUT2D eigenvalue weighted by Crippen LogP contribution is -2.30. The average molecular weight is 253 g/mol. The number of hydrogen-bond acceptors (Lipinski definition) is 2. The molecule has 0 atom stereocenters. The van der Waals surface area contributed by atoms with Crippen LogP contribution in [0.3, 0.4) is 0 Å². The maximum Gasteiger partial charge on any atom is 0.549 e. The molecule has 0 aliphatic heterocycles. The van der Waals surface area contributed by atoms with Gasteiger partial charge in [-0.05, 0) is 22.0 Å². The fourth-order valence-corrected chi connectivity index (χ4v) is 1.19. The van der Waals surface area contributed by atoms with Crippen molar-refractivity contribution >= 4 is 28.6 Å². The summed E-state index contributed by atoms with van der Waals surface area (Å²) in [7, 11) is 0. The first-order valence-corrected chi connectivity index (χ1v) is 4.07. The monoisotopic (exact) mass is 252 g/mol. The SMILES string of the molecule is O=C(c1cccnc1Br)[B-](F)(F)F. The van der Waals surface area contributed by atoms with E-state index in [0.717, 1.165) is 6.07 Å². The molecule has 0 radical (unpaired) electrons. The van der Waals surface area contributed by atoms with Gasteiger partial charge < -0.3 is 17.7 Å². The van der Waals surface area contributed by atoms with Crippen molar-refractivity contribution in [1.29, 1.82) is 0 Å². The largest absolute Gasteiger partial charge is 0.549 e. The molecular weight excluding hydrogens is 250 g/mol. The van der Waals surface area contributed by atoms with Gasteiger partial charge in [-0.15, -0.1) is 0 Å². The summed E-state index contributed by atoms with van der Waals surface area (Å²) in [4.78, 5) is 14.2. The predicted octanol–water partition coefficient (Wildman–Crippen LogP) is 2.41. The van der Waals surface area contributed by atoms with E-state index in [4.69, 9.17) is 0 Å². The molecule has 7 heteroatoms. The molecule has 1 aromatic heterocycles. The number of halogens is 4. The summed E-state index contributed by atoms with van der Waals surface area (Å²) in [5, 5.41) is 0. The first-order chi connectivity index (χ1) is 5.93. The average Bonchev–Trinajstić information content (AvgIpc) is 2.02. The Labute approximate surface area is 80.3 Å². The second-order valence-corrected chi connectivity index (χ2v) is 3.03. The first kappa shape index (κ1) is 10.2. The topological polar surface area (TPSA) is 30.0 Å². The Bertz CT molecular complexity index is 341. The minimum atomic E-state index is -5.48. The Morgan fingerprint density at radius 3 is 2.54 bits per heavy atom. The minimum Gasteiger partial charge on any atom is -0.443 e. The normalized spacial score (nSPS) is 11.4. The Kier molecular flexibility index (Phi) is 2.75. The summed E-state index contributed by atoms with van der Waals surface area (Å²) in [5.41, 5.74) is -2.28. The van der Waals surface area contributed by atoms with Gasteiger partial charge in [0.2, 0.25) is 0 Å². The van der Waals surface area contributed by atoms with Gasteiger partial charge in [-0.1, -0.05) is 6.07 Å². The van der Waals surface area contributed by atoms with Crippen molar-refractivity contribution in [3.8, 4) is 0 Å². The van der Waals surface area contributed by atoms with Crippen LogP contribution in [0.25, 0.3) is 0 Å². The van der Waals surface area contributed by atoms with Crippen LogP contribution >= 0.6 is 15.9 Å². The maximum absolute atomic E-state index is 12.0. The van der Waals surface area contributed by atoms with E-state index in [1.807, 2.05) is 0 Å². The van der Waals surface area contributed by atoms with E-state index in [2.05, 4.69) is 20.9 Å². The van der Waals surface area contributed by atoms with Crippen molar-refractivity contribution in [2.24, 2.45) is 0 Å². The lowest BCUT2D eigenvalue weighted by atomic mass is 9.80. The van der Waals surface area contributed by atoms with Gasteiger partial charge in [0, 0.05) is 11.8 Å². The van der Waals surface area contributed by atoms with Crippen LogP contribution in [-0.2, 0) is 0 Å². The van der Waals surface area contributed by atoms with Crippen molar-refractivity contribution in [2.45, 2.75) is 0 Å². The van der Waals surface area contributed by atoms with Gasteiger partial charge in [0.15, 0.2) is 0 Å². The van der Waals surface area contributed by atoms with Gasteiger partial charge in [0.05, 0.1) is 0 Å². The van der Waals surface area contributed by atoms with Crippen LogP contribution in [0, 0.1) is 0 Å². The zero-order valence-corrected chi connectivity index (χ0v) is 7.76. The molecule has 0 saturated heterocycles. The van der Waals surface area contributed by atoms with Gasteiger partial charge in [0.1, 0.15) is 10.3 Å². The third kappa shape index (κ3) is 2.30. The molecule has 1 rings (SSSR count). The fraction of sp³-hybridized carbons (Fsp3) is 0. The van der Waals surface area contributed by atoms with Crippen LogP contribution in [0.15, 0.2) is 22.9 Å². The van der Waals surface area contributed by atoms with Gasteiger partial charge in [-0.25, -0.2) is 4.98 Å². The Morgan fingerprint density at radius 1 is 1.46 bits per heavy atom. The van der Waals surface area contributed by atoms with Crippen LogP contribution in [0.2, 0.25) is 0 Å². The summed E-state index contributed by atoms with van der Waals surface area (Å²) >= 11 is 2.77. The third-order valence-electron chi connectivity index (χ3n) is 1.32. The van der Waals surface area contributed by atoms with Gasteiger partial charge >= 0.3 is 6.98 Å². The number of rotatable bonds is 2. The summed E-state index contributed by atoms with van der Waals surface area (Å²) < 4.78 is 35.9. The number of hydrogen-bond donors (Lipinski definition) is 0. The molecule has 0 bridgehead atoms. The van der Waals surface area contributed by atoms with Gasteiger partial charge in [0.25, 0.3) is 0 Å². The van der Waals surface area contributed by atoms with Crippen molar-refractivity contribution in [2.75, 3.05) is 0 Å². The molecule has 0 aliphatic carbocycles. The highest BCUT2D eigenvalue weighted by Gasteiger charge is 2.35. The Balaban J connectivity index is 3.10. The quantitative estimate of drug-likeness (QED) is 0.598. The van der Waals surface area contributed by atoms with E-state index in [-0.39, 0.29) is 4.60 Å². The predicted molar refractivity (Wildman–Crippen MR) is 45.3 cm³/mol. The molecular formula is C6H3BBrF3NO-. The zero-order chi connectivity index (χ0) is 10.1. The van der Waals surface area contributed by atoms with Crippen LogP contribution in [-0.4, -0.2) is 17.6 Å². The highest BCUT2D eigenvalue weighted by atomic mass is 79.9. The molecule has 0 N–H and O–H groups in total. The molecule has 2 nitrogen and oxygen atoms in total. The van der Waals surface area contributed by atoms with Gasteiger partial charge in [-0.2, -0.15) is 0 Å². The van der Waals surface area contributed by atoms with E-state index in [1.54, 1.807) is 0 Å². The minimum absolute atomic E-state index is 0.0841. The molecule has 70 valence electrons. The second-order valence-electron chi connectivity index (χ2n) is 2.28. The number of nitrogens with zero attached hydrogens (tertiary/aromatic N) is 1. The van der Waals surface area contributed by atoms with E-state index in [0.29, 0.717) is 0 Å². The van der Waals surface area contributed by atoms with E-state index in [1.165, 1.54) is 12.3 Å². The maximum atomic E-state index is 12.0. The standard InChI is InChI=1S/C6H3BBrF3NO/c8-6-4(2-1-3-12-6)5(13)7(9,10)11/h1-3H/q-1. The Morgan fingerprint density at radius 2 is 2.08 bits per heavy atom. The Hall–Kier alpha value is -0.845. The van der Waals surface area contributed by atoms with Crippen molar-refractivity contribution < 1.29 is 17.7 Å². The number of pyridine rings is 1. The van der Waals surface area contributed by atoms with E-state index < -0.39 is 18.2 Å². The van der Waals surface area contributed by atoms with E-state index >= 15 is 0 Å². The first-order valence-electron chi connectivity index (χ1n) is 3.27. The molecule has 1 aromatic rings. The molecule has 0 fully saturated rings. The molecule has 0 unspecified atom stereocenters. The third-order valence-corrected chi connectivity index (χ3v) is 1.95. The fourth-order valence-electron chi connectivity index (χ4n) is 0.746. The van der Waals surface area contributed by atoms with Crippen LogP contribution in [0.1, 0.15) is 10.4 Å². The van der Waals surface area contributed by atoms with Crippen molar-refractivity contribution in [3.05, 3.63) is 28.5 Å². The highest BCUT2D eigenvalue weighted by molar-refractivity contribution is 9.10. The van der Waals surface area contributed by atoms with Gasteiger partial charge in [-0.3, -0.25) is 0 Å². The van der Waals surface area contributed by atoms with Crippen LogP contribution in [0.5, 0.6) is 0 Å². The molecule has 13 heavy (non-hydrogen) atoms. The number of carbonyl (C=O) groups is 1. The lowest BCUT2D eigenvalue weighted by molar-refractivity contribution is 0.102. The highest BCUT2D eigenvalue weighted by Crippen LogP contribution is 2.21. The smallest absolute Gasteiger partial charge is 0.443 e. The van der Waals surface area contributed by atoms with Crippen LogP contribution < -0.4 is 0 Å². The second kappa shape index (κ2) is 3.49. The summed E-state index contributed by atoms with van der Waals surface area (Å²) in [6.45, 7) is -5.48. The number of carbonyl (C=O) groups excluding carboxylic acids is 1. The summed E-state index contributed by atoms with van der Waals surface area (Å²) in [5.74, 6) is 0.